The average Bonchev–Trinajstić information content (AvgIpc) is 2.00. The standard InChI is InChI=1S/C7H7Cl2NO2S/c8-7-3-1-2-6(4-7)5-10-13(9,11)12/h1-4,10H,5H2. The third-order valence-electron chi connectivity index (χ3n) is 1.34. The van der Waals surface area contributed by atoms with Crippen LogP contribution in [0.5, 0.6) is 0 Å². The Kier molecular flexibility index (Phi) is 3.55. The summed E-state index contributed by atoms with van der Waals surface area (Å²) in [5.74, 6) is 0. The zero-order valence-electron chi connectivity index (χ0n) is 6.50. The fourth-order valence-corrected chi connectivity index (χ4v) is 1.53. The number of hydrogen-bond donors (Lipinski definition) is 1. The Morgan fingerprint density at radius 3 is 2.62 bits per heavy atom. The molecule has 0 aliphatic rings. The molecular formula is C7H7Cl2NO2S. The summed E-state index contributed by atoms with van der Waals surface area (Å²) in [5, 5.41) is 0.561. The summed E-state index contributed by atoms with van der Waals surface area (Å²) < 4.78 is 23.2. The molecule has 0 saturated heterocycles. The van der Waals surface area contributed by atoms with Crippen molar-refractivity contribution in [2.24, 2.45) is 0 Å². The van der Waals surface area contributed by atoms with Crippen LogP contribution in [0.3, 0.4) is 0 Å². The highest BCUT2D eigenvalue weighted by Gasteiger charge is 2.03. The van der Waals surface area contributed by atoms with Gasteiger partial charge in [0.25, 0.3) is 9.24 Å². The highest BCUT2D eigenvalue weighted by Crippen LogP contribution is 2.10. The summed E-state index contributed by atoms with van der Waals surface area (Å²) in [6, 6.07) is 6.86. The minimum absolute atomic E-state index is 0.145. The fraction of sp³-hybridized carbons (Fsp3) is 0.143. The molecule has 0 aliphatic heterocycles. The molecule has 1 rings (SSSR count). The van der Waals surface area contributed by atoms with Gasteiger partial charge < -0.3 is 0 Å². The van der Waals surface area contributed by atoms with Crippen LogP contribution in [0, 0.1) is 0 Å². The van der Waals surface area contributed by atoms with E-state index in [1.54, 1.807) is 24.3 Å². The Morgan fingerprint density at radius 2 is 2.08 bits per heavy atom. The molecule has 1 aromatic rings. The number of hydrogen-bond acceptors (Lipinski definition) is 2. The van der Waals surface area contributed by atoms with E-state index in [4.69, 9.17) is 22.3 Å². The molecule has 1 N–H and O–H groups in total. The average molecular weight is 240 g/mol. The van der Waals surface area contributed by atoms with E-state index in [1.807, 2.05) is 0 Å². The number of rotatable bonds is 3. The van der Waals surface area contributed by atoms with Crippen molar-refractivity contribution in [3.63, 3.8) is 0 Å². The lowest BCUT2D eigenvalue weighted by molar-refractivity contribution is 0.596. The fourth-order valence-electron chi connectivity index (χ4n) is 0.816. The molecule has 1 aromatic carbocycles. The predicted molar refractivity (Wildman–Crippen MR) is 53.1 cm³/mol. The van der Waals surface area contributed by atoms with E-state index in [9.17, 15) is 8.42 Å². The first-order valence-corrected chi connectivity index (χ1v) is 6.10. The maximum absolute atomic E-state index is 10.5. The monoisotopic (exact) mass is 239 g/mol. The van der Waals surface area contributed by atoms with Crippen molar-refractivity contribution in [3.05, 3.63) is 34.9 Å². The van der Waals surface area contributed by atoms with E-state index >= 15 is 0 Å². The Hall–Kier alpha value is -0.290. The quantitative estimate of drug-likeness (QED) is 0.820. The Morgan fingerprint density at radius 1 is 1.38 bits per heavy atom. The second kappa shape index (κ2) is 4.28. The van der Waals surface area contributed by atoms with Crippen molar-refractivity contribution in [2.45, 2.75) is 6.54 Å². The zero-order chi connectivity index (χ0) is 9.90. The Balaban J connectivity index is 2.65. The largest absolute Gasteiger partial charge is 0.297 e. The van der Waals surface area contributed by atoms with Gasteiger partial charge in [-0.05, 0) is 17.7 Å². The molecule has 0 heterocycles. The summed E-state index contributed by atoms with van der Waals surface area (Å²) in [4.78, 5) is 0. The maximum Gasteiger partial charge on any atom is 0.297 e. The van der Waals surface area contributed by atoms with Gasteiger partial charge in [-0.15, -0.1) is 0 Å². The number of nitrogens with one attached hydrogen (secondary N) is 1. The van der Waals surface area contributed by atoms with Crippen molar-refractivity contribution in [1.29, 1.82) is 0 Å². The first kappa shape index (κ1) is 10.8. The lowest BCUT2D eigenvalue weighted by Crippen LogP contribution is -2.17. The van der Waals surface area contributed by atoms with Crippen molar-refractivity contribution < 1.29 is 8.42 Å². The maximum atomic E-state index is 10.5. The Labute approximate surface area is 86.2 Å². The van der Waals surface area contributed by atoms with E-state index in [-0.39, 0.29) is 6.54 Å². The minimum Gasteiger partial charge on any atom is -0.198 e. The van der Waals surface area contributed by atoms with Gasteiger partial charge in [0.05, 0.1) is 0 Å². The third kappa shape index (κ3) is 4.47. The summed E-state index contributed by atoms with van der Waals surface area (Å²) in [6.07, 6.45) is 0. The highest BCUT2D eigenvalue weighted by atomic mass is 35.7. The number of halogens is 2. The molecule has 0 spiro atoms. The van der Waals surface area contributed by atoms with Crippen LogP contribution >= 0.6 is 22.3 Å². The molecule has 0 saturated carbocycles. The van der Waals surface area contributed by atoms with E-state index in [0.717, 1.165) is 5.56 Å². The van der Waals surface area contributed by atoms with Gasteiger partial charge in [-0.2, -0.15) is 13.1 Å². The molecule has 0 aromatic heterocycles. The Bertz CT molecular complexity index is 391. The van der Waals surface area contributed by atoms with Crippen LogP contribution in [0.25, 0.3) is 0 Å². The van der Waals surface area contributed by atoms with E-state index in [1.165, 1.54) is 0 Å². The predicted octanol–water partition coefficient (Wildman–Crippen LogP) is 1.91. The topological polar surface area (TPSA) is 46.2 Å². The number of benzene rings is 1. The van der Waals surface area contributed by atoms with Crippen LogP contribution < -0.4 is 4.72 Å². The van der Waals surface area contributed by atoms with Crippen LogP contribution in [-0.2, 0) is 15.8 Å². The molecule has 0 bridgehead atoms. The molecule has 0 unspecified atom stereocenters. The summed E-state index contributed by atoms with van der Waals surface area (Å²) in [5.41, 5.74) is 0.761. The zero-order valence-corrected chi connectivity index (χ0v) is 8.83. The van der Waals surface area contributed by atoms with Gasteiger partial charge >= 0.3 is 0 Å². The summed E-state index contributed by atoms with van der Waals surface area (Å²) in [6.45, 7) is 0.145. The van der Waals surface area contributed by atoms with Crippen molar-refractivity contribution in [1.82, 2.24) is 4.72 Å². The molecule has 72 valence electrons. The second-order valence-electron chi connectivity index (χ2n) is 2.39. The molecule has 6 heteroatoms. The van der Waals surface area contributed by atoms with Gasteiger partial charge in [0.1, 0.15) is 0 Å². The lowest BCUT2D eigenvalue weighted by Gasteiger charge is -2.00. The molecule has 0 amide bonds. The van der Waals surface area contributed by atoms with Gasteiger partial charge in [0.15, 0.2) is 0 Å². The van der Waals surface area contributed by atoms with Gasteiger partial charge in [-0.3, -0.25) is 0 Å². The van der Waals surface area contributed by atoms with Gasteiger partial charge in [-0.1, -0.05) is 23.7 Å². The molecule has 0 radical (unpaired) electrons. The molecule has 0 fully saturated rings. The smallest absolute Gasteiger partial charge is 0.198 e. The summed E-state index contributed by atoms with van der Waals surface area (Å²) >= 11 is 5.68. The van der Waals surface area contributed by atoms with Crippen LogP contribution in [0.4, 0.5) is 0 Å². The normalized spacial score (nSPS) is 11.5. The summed E-state index contributed by atoms with van der Waals surface area (Å²) in [7, 11) is 1.29. The van der Waals surface area contributed by atoms with Crippen molar-refractivity contribution in [2.75, 3.05) is 0 Å². The van der Waals surface area contributed by atoms with Crippen LogP contribution in [0.2, 0.25) is 5.02 Å². The van der Waals surface area contributed by atoms with Crippen molar-refractivity contribution >= 4 is 31.5 Å². The third-order valence-corrected chi connectivity index (χ3v) is 2.39. The molecule has 13 heavy (non-hydrogen) atoms. The van der Waals surface area contributed by atoms with Gasteiger partial charge in [-0.25, -0.2) is 0 Å². The van der Waals surface area contributed by atoms with Crippen molar-refractivity contribution in [3.8, 4) is 0 Å². The minimum atomic E-state index is -3.66. The van der Waals surface area contributed by atoms with E-state index in [0.29, 0.717) is 5.02 Å². The lowest BCUT2D eigenvalue weighted by atomic mass is 10.2. The SMILES string of the molecule is O=S(=O)(Cl)NCc1cccc(Cl)c1. The first-order chi connectivity index (χ1) is 5.97. The van der Waals surface area contributed by atoms with E-state index in [2.05, 4.69) is 4.72 Å². The highest BCUT2D eigenvalue weighted by molar-refractivity contribution is 8.12. The van der Waals surface area contributed by atoms with Crippen LogP contribution in [-0.4, -0.2) is 8.42 Å². The molecule has 0 atom stereocenters. The van der Waals surface area contributed by atoms with Gasteiger partial charge in [0.2, 0.25) is 0 Å². The molecule has 0 aliphatic carbocycles. The van der Waals surface area contributed by atoms with Crippen LogP contribution in [0.1, 0.15) is 5.56 Å². The second-order valence-corrected chi connectivity index (χ2v) is 5.21. The molecular weight excluding hydrogens is 233 g/mol. The first-order valence-electron chi connectivity index (χ1n) is 3.41. The van der Waals surface area contributed by atoms with Crippen LogP contribution in [0.15, 0.2) is 24.3 Å². The van der Waals surface area contributed by atoms with E-state index < -0.39 is 9.24 Å². The van der Waals surface area contributed by atoms with Gasteiger partial charge in [0, 0.05) is 22.2 Å². The molecule has 3 nitrogen and oxygen atoms in total.